The maximum atomic E-state index is 6.07. The molecule has 2 aromatic rings. The summed E-state index contributed by atoms with van der Waals surface area (Å²) in [5.41, 5.74) is 10.8. The lowest BCUT2D eigenvalue weighted by Crippen LogP contribution is -2.34. The minimum Gasteiger partial charge on any atom is -0.358 e. The molecule has 0 aliphatic rings. The van der Waals surface area contributed by atoms with Crippen LogP contribution in [0, 0.1) is 6.92 Å². The number of aromatic amines is 1. The average Bonchev–Trinajstić information content (AvgIpc) is 2.59. The Kier molecular flexibility index (Phi) is 3.07. The molecule has 90 valence electrons. The molecule has 0 aliphatic carbocycles. The van der Waals surface area contributed by atoms with Gasteiger partial charge in [-0.3, -0.25) is 0 Å². The van der Waals surface area contributed by atoms with Crippen molar-refractivity contribution in [3.8, 4) is 11.3 Å². The van der Waals surface area contributed by atoms with Crippen molar-refractivity contribution in [1.82, 2.24) is 4.98 Å². The summed E-state index contributed by atoms with van der Waals surface area (Å²) < 4.78 is 0. The van der Waals surface area contributed by atoms with Gasteiger partial charge in [-0.25, -0.2) is 0 Å². The number of nitrogens with two attached hydrogens (primary N) is 1. The Hall–Kier alpha value is -1.54. The van der Waals surface area contributed by atoms with Crippen molar-refractivity contribution in [1.29, 1.82) is 0 Å². The van der Waals surface area contributed by atoms with Gasteiger partial charge in [-0.2, -0.15) is 0 Å². The smallest absolute Gasteiger partial charge is 0.0458 e. The van der Waals surface area contributed by atoms with Gasteiger partial charge in [0.25, 0.3) is 0 Å². The maximum Gasteiger partial charge on any atom is 0.0458 e. The number of aryl methyl sites for hydroxylation is 1. The molecule has 1 heterocycles. The first-order valence-corrected chi connectivity index (χ1v) is 5.98. The van der Waals surface area contributed by atoms with Crippen LogP contribution in [-0.4, -0.2) is 10.5 Å². The molecule has 0 spiro atoms. The number of nitrogens with one attached hydrogen (secondary N) is 1. The molecule has 0 unspecified atom stereocenters. The topological polar surface area (TPSA) is 41.8 Å². The summed E-state index contributed by atoms with van der Waals surface area (Å²) >= 11 is 0. The molecule has 0 atom stereocenters. The Morgan fingerprint density at radius 2 is 1.82 bits per heavy atom. The van der Waals surface area contributed by atoms with E-state index in [4.69, 9.17) is 5.73 Å². The molecule has 0 saturated carbocycles. The Balaban J connectivity index is 2.31. The van der Waals surface area contributed by atoms with Crippen molar-refractivity contribution in [2.24, 2.45) is 5.73 Å². The first kappa shape index (κ1) is 11.9. The third-order valence-corrected chi connectivity index (χ3v) is 2.85. The van der Waals surface area contributed by atoms with E-state index in [0.29, 0.717) is 0 Å². The first-order valence-electron chi connectivity index (χ1n) is 5.98. The molecular weight excluding hydrogens is 208 g/mol. The number of hydrogen-bond donors (Lipinski definition) is 2. The summed E-state index contributed by atoms with van der Waals surface area (Å²) in [6.07, 6.45) is 0.891. The molecule has 0 saturated heterocycles. The third kappa shape index (κ3) is 2.98. The maximum absolute atomic E-state index is 6.07. The molecule has 1 aromatic carbocycles. The van der Waals surface area contributed by atoms with Crippen LogP contribution in [0.2, 0.25) is 0 Å². The number of aromatic nitrogens is 1. The highest BCUT2D eigenvalue weighted by Gasteiger charge is 2.15. The average molecular weight is 228 g/mol. The lowest BCUT2D eigenvalue weighted by Gasteiger charge is -2.17. The van der Waals surface area contributed by atoms with Gasteiger partial charge in [0.15, 0.2) is 0 Å². The summed E-state index contributed by atoms with van der Waals surface area (Å²) in [6, 6.07) is 12.6. The van der Waals surface area contributed by atoms with Crippen molar-refractivity contribution in [2.45, 2.75) is 32.7 Å². The Bertz CT molecular complexity index is 489. The van der Waals surface area contributed by atoms with Gasteiger partial charge >= 0.3 is 0 Å². The zero-order chi connectivity index (χ0) is 12.5. The molecule has 3 N–H and O–H groups in total. The van der Waals surface area contributed by atoms with Crippen LogP contribution in [0.25, 0.3) is 11.3 Å². The van der Waals surface area contributed by atoms with Crippen LogP contribution in [0.5, 0.6) is 0 Å². The van der Waals surface area contributed by atoms with Crippen LogP contribution in [0.4, 0.5) is 0 Å². The fourth-order valence-electron chi connectivity index (χ4n) is 2.05. The Morgan fingerprint density at radius 3 is 2.41 bits per heavy atom. The predicted molar refractivity (Wildman–Crippen MR) is 72.9 cm³/mol. The van der Waals surface area contributed by atoms with E-state index in [1.165, 1.54) is 22.5 Å². The van der Waals surface area contributed by atoms with Crippen molar-refractivity contribution < 1.29 is 0 Å². The molecule has 0 aliphatic heterocycles. The van der Waals surface area contributed by atoms with Crippen LogP contribution in [0.3, 0.4) is 0 Å². The normalized spacial score (nSPS) is 11.8. The van der Waals surface area contributed by atoms with Gasteiger partial charge in [0, 0.05) is 16.9 Å². The van der Waals surface area contributed by atoms with Crippen LogP contribution < -0.4 is 5.73 Å². The highest BCUT2D eigenvalue weighted by atomic mass is 14.7. The monoisotopic (exact) mass is 228 g/mol. The standard InChI is InChI=1S/C15H20N2/c1-11-13(10-15(2,3)16)9-14(17-11)12-7-5-4-6-8-12/h4-9,17H,10,16H2,1-3H3. The van der Waals surface area contributed by atoms with Gasteiger partial charge in [0.1, 0.15) is 0 Å². The fraction of sp³-hybridized carbons (Fsp3) is 0.333. The molecule has 17 heavy (non-hydrogen) atoms. The Labute approximate surface area is 103 Å². The number of rotatable bonds is 3. The molecule has 0 bridgehead atoms. The highest BCUT2D eigenvalue weighted by molar-refractivity contribution is 5.61. The van der Waals surface area contributed by atoms with Crippen LogP contribution in [0.15, 0.2) is 36.4 Å². The van der Waals surface area contributed by atoms with E-state index >= 15 is 0 Å². The largest absolute Gasteiger partial charge is 0.358 e. The Morgan fingerprint density at radius 1 is 1.18 bits per heavy atom. The van der Waals surface area contributed by atoms with Crippen molar-refractivity contribution in [3.63, 3.8) is 0 Å². The molecule has 2 nitrogen and oxygen atoms in total. The first-order chi connectivity index (χ1) is 7.96. The van der Waals surface area contributed by atoms with Gasteiger partial charge in [0.2, 0.25) is 0 Å². The van der Waals surface area contributed by atoms with E-state index < -0.39 is 0 Å². The van der Waals surface area contributed by atoms with E-state index in [-0.39, 0.29) is 5.54 Å². The predicted octanol–water partition coefficient (Wildman–Crippen LogP) is 3.27. The zero-order valence-electron chi connectivity index (χ0n) is 10.7. The van der Waals surface area contributed by atoms with E-state index in [2.05, 4.69) is 56.1 Å². The molecule has 2 rings (SSSR count). The lowest BCUT2D eigenvalue weighted by atomic mass is 9.96. The molecule has 0 radical (unpaired) electrons. The van der Waals surface area contributed by atoms with E-state index in [0.717, 1.165) is 6.42 Å². The second-order valence-corrected chi connectivity index (χ2v) is 5.36. The van der Waals surface area contributed by atoms with Crippen molar-refractivity contribution in [3.05, 3.63) is 47.7 Å². The van der Waals surface area contributed by atoms with Crippen LogP contribution in [-0.2, 0) is 6.42 Å². The fourth-order valence-corrected chi connectivity index (χ4v) is 2.05. The molecular formula is C15H20N2. The summed E-state index contributed by atoms with van der Waals surface area (Å²) in [5, 5.41) is 0. The zero-order valence-corrected chi connectivity index (χ0v) is 10.7. The van der Waals surface area contributed by atoms with Crippen molar-refractivity contribution in [2.75, 3.05) is 0 Å². The quantitative estimate of drug-likeness (QED) is 0.831. The second kappa shape index (κ2) is 4.38. The van der Waals surface area contributed by atoms with E-state index in [1.807, 2.05) is 6.07 Å². The number of hydrogen-bond acceptors (Lipinski definition) is 1. The highest BCUT2D eigenvalue weighted by Crippen LogP contribution is 2.23. The summed E-state index contributed by atoms with van der Waals surface area (Å²) in [4.78, 5) is 3.43. The molecule has 1 aromatic heterocycles. The molecule has 0 amide bonds. The lowest BCUT2D eigenvalue weighted by molar-refractivity contribution is 0.516. The minimum atomic E-state index is -0.166. The summed E-state index contributed by atoms with van der Waals surface area (Å²) in [7, 11) is 0. The van der Waals surface area contributed by atoms with Gasteiger partial charge in [-0.05, 0) is 44.4 Å². The van der Waals surface area contributed by atoms with Gasteiger partial charge < -0.3 is 10.7 Å². The molecule has 0 fully saturated rings. The van der Waals surface area contributed by atoms with E-state index in [9.17, 15) is 0 Å². The van der Waals surface area contributed by atoms with Gasteiger partial charge in [-0.15, -0.1) is 0 Å². The molecule has 2 heteroatoms. The van der Waals surface area contributed by atoms with Crippen molar-refractivity contribution >= 4 is 0 Å². The van der Waals surface area contributed by atoms with Crippen LogP contribution in [0.1, 0.15) is 25.1 Å². The summed E-state index contributed by atoms with van der Waals surface area (Å²) in [6.45, 7) is 6.22. The van der Waals surface area contributed by atoms with Gasteiger partial charge in [-0.1, -0.05) is 30.3 Å². The number of benzene rings is 1. The van der Waals surface area contributed by atoms with Gasteiger partial charge in [0.05, 0.1) is 0 Å². The van der Waals surface area contributed by atoms with E-state index in [1.54, 1.807) is 0 Å². The summed E-state index contributed by atoms with van der Waals surface area (Å²) in [5.74, 6) is 0. The van der Waals surface area contributed by atoms with Crippen LogP contribution >= 0.6 is 0 Å². The number of H-pyrrole nitrogens is 1. The minimum absolute atomic E-state index is 0.166. The second-order valence-electron chi connectivity index (χ2n) is 5.36. The SMILES string of the molecule is Cc1[nH]c(-c2ccccc2)cc1CC(C)(C)N. The third-order valence-electron chi connectivity index (χ3n) is 2.85.